The van der Waals surface area contributed by atoms with E-state index in [0.29, 0.717) is 23.6 Å². The quantitative estimate of drug-likeness (QED) is 0.746. The van der Waals surface area contributed by atoms with Crippen molar-refractivity contribution in [3.63, 3.8) is 0 Å². The topological polar surface area (TPSA) is 20.3 Å². The number of fused-ring (bicyclic) bond motifs is 1. The Morgan fingerprint density at radius 2 is 2.06 bits per heavy atom. The maximum absolute atomic E-state index is 14.0. The van der Waals surface area contributed by atoms with E-state index >= 15 is 0 Å². The summed E-state index contributed by atoms with van der Waals surface area (Å²) in [5, 5.41) is 0. The standard InChI is InChI=1S/C15H18FNO/c16-13-9-11(10-18)5-6-15(13)17-8-7-12-3-1-2-4-14(12)17/h5-6,9-10,12,14H,1-4,7-8H2. The second kappa shape index (κ2) is 4.71. The summed E-state index contributed by atoms with van der Waals surface area (Å²) in [5.74, 6) is 0.481. The third-order valence-electron chi connectivity index (χ3n) is 4.43. The summed E-state index contributed by atoms with van der Waals surface area (Å²) in [6, 6.07) is 5.33. The van der Waals surface area contributed by atoms with Crippen LogP contribution in [0, 0.1) is 11.7 Å². The number of aldehydes is 1. The first kappa shape index (κ1) is 11.7. The fourth-order valence-electron chi connectivity index (χ4n) is 3.53. The molecule has 0 amide bonds. The van der Waals surface area contributed by atoms with Crippen molar-refractivity contribution in [2.75, 3.05) is 11.4 Å². The maximum Gasteiger partial charge on any atom is 0.150 e. The monoisotopic (exact) mass is 247 g/mol. The Kier molecular flexibility index (Phi) is 3.06. The highest BCUT2D eigenvalue weighted by Crippen LogP contribution is 2.39. The summed E-state index contributed by atoms with van der Waals surface area (Å²) in [5.41, 5.74) is 1.09. The van der Waals surface area contributed by atoms with Gasteiger partial charge in [-0.15, -0.1) is 0 Å². The largest absolute Gasteiger partial charge is 0.366 e. The number of anilines is 1. The van der Waals surface area contributed by atoms with E-state index in [0.717, 1.165) is 12.5 Å². The van der Waals surface area contributed by atoms with Gasteiger partial charge in [-0.1, -0.05) is 12.8 Å². The van der Waals surface area contributed by atoms with Gasteiger partial charge in [0.05, 0.1) is 5.69 Å². The number of rotatable bonds is 2. The van der Waals surface area contributed by atoms with Crippen LogP contribution in [0.4, 0.5) is 10.1 Å². The van der Waals surface area contributed by atoms with E-state index < -0.39 is 0 Å². The molecule has 1 aromatic rings. The molecule has 2 atom stereocenters. The van der Waals surface area contributed by atoms with Crippen LogP contribution in [0.1, 0.15) is 42.5 Å². The van der Waals surface area contributed by atoms with Gasteiger partial charge in [-0.3, -0.25) is 4.79 Å². The van der Waals surface area contributed by atoms with Gasteiger partial charge in [0.1, 0.15) is 12.1 Å². The number of carbonyl (C=O) groups is 1. The van der Waals surface area contributed by atoms with Gasteiger partial charge in [-0.2, -0.15) is 0 Å². The molecule has 0 bridgehead atoms. The summed E-state index contributed by atoms with van der Waals surface area (Å²) in [6.07, 6.45) is 6.92. The molecule has 2 fully saturated rings. The maximum atomic E-state index is 14.0. The van der Waals surface area contributed by atoms with Gasteiger partial charge in [-0.25, -0.2) is 4.39 Å². The van der Waals surface area contributed by atoms with Crippen molar-refractivity contribution in [2.45, 2.75) is 38.1 Å². The van der Waals surface area contributed by atoms with E-state index in [1.165, 1.54) is 38.2 Å². The molecule has 1 aliphatic heterocycles. The average Bonchev–Trinajstić information content (AvgIpc) is 2.82. The number of nitrogens with zero attached hydrogens (tertiary/aromatic N) is 1. The molecule has 96 valence electrons. The Labute approximate surface area is 107 Å². The molecule has 1 aliphatic carbocycles. The van der Waals surface area contributed by atoms with Crippen LogP contribution in [-0.2, 0) is 0 Å². The van der Waals surface area contributed by atoms with Crippen LogP contribution >= 0.6 is 0 Å². The van der Waals surface area contributed by atoms with Gasteiger partial charge in [0.15, 0.2) is 0 Å². The summed E-state index contributed by atoms with van der Waals surface area (Å²) in [6.45, 7) is 0.951. The predicted octanol–water partition coefficient (Wildman–Crippen LogP) is 3.41. The molecule has 2 nitrogen and oxygen atoms in total. The van der Waals surface area contributed by atoms with Crippen LogP contribution in [0.2, 0.25) is 0 Å². The number of benzene rings is 1. The Bertz CT molecular complexity index is 460. The van der Waals surface area contributed by atoms with Crippen LogP contribution in [0.3, 0.4) is 0 Å². The molecule has 1 heterocycles. The van der Waals surface area contributed by atoms with E-state index in [1.54, 1.807) is 12.1 Å². The van der Waals surface area contributed by atoms with Gasteiger partial charge in [0, 0.05) is 18.2 Å². The molecule has 3 heteroatoms. The van der Waals surface area contributed by atoms with E-state index in [4.69, 9.17) is 0 Å². The molecule has 0 N–H and O–H groups in total. The van der Waals surface area contributed by atoms with Crippen LogP contribution in [0.15, 0.2) is 18.2 Å². The lowest BCUT2D eigenvalue weighted by Gasteiger charge is -2.33. The van der Waals surface area contributed by atoms with Crippen molar-refractivity contribution in [3.8, 4) is 0 Å². The zero-order valence-corrected chi connectivity index (χ0v) is 10.4. The van der Waals surface area contributed by atoms with Crippen molar-refractivity contribution in [1.29, 1.82) is 0 Å². The van der Waals surface area contributed by atoms with Gasteiger partial charge >= 0.3 is 0 Å². The summed E-state index contributed by atoms with van der Waals surface area (Å²) >= 11 is 0. The lowest BCUT2D eigenvalue weighted by Crippen LogP contribution is -2.35. The Balaban J connectivity index is 1.88. The van der Waals surface area contributed by atoms with Crippen LogP contribution in [0.5, 0.6) is 0 Å². The van der Waals surface area contributed by atoms with Crippen LogP contribution < -0.4 is 4.90 Å². The van der Waals surface area contributed by atoms with Crippen LogP contribution in [-0.4, -0.2) is 18.9 Å². The zero-order chi connectivity index (χ0) is 12.5. The summed E-state index contributed by atoms with van der Waals surface area (Å²) in [7, 11) is 0. The molecule has 0 spiro atoms. The fraction of sp³-hybridized carbons (Fsp3) is 0.533. The van der Waals surface area contributed by atoms with E-state index in [9.17, 15) is 9.18 Å². The number of carbonyl (C=O) groups excluding carboxylic acids is 1. The Morgan fingerprint density at radius 1 is 1.22 bits per heavy atom. The molecule has 0 aromatic heterocycles. The predicted molar refractivity (Wildman–Crippen MR) is 69.5 cm³/mol. The van der Waals surface area contributed by atoms with Crippen molar-refractivity contribution < 1.29 is 9.18 Å². The molecular formula is C15H18FNO. The van der Waals surface area contributed by atoms with Crippen molar-refractivity contribution in [1.82, 2.24) is 0 Å². The molecule has 1 saturated heterocycles. The fourth-order valence-corrected chi connectivity index (χ4v) is 3.53. The first-order valence-electron chi connectivity index (χ1n) is 6.81. The lowest BCUT2D eigenvalue weighted by atomic mass is 9.85. The smallest absolute Gasteiger partial charge is 0.150 e. The highest BCUT2D eigenvalue weighted by Gasteiger charge is 2.36. The van der Waals surface area contributed by atoms with Crippen LogP contribution in [0.25, 0.3) is 0 Å². The van der Waals surface area contributed by atoms with Crippen molar-refractivity contribution in [2.24, 2.45) is 5.92 Å². The van der Waals surface area contributed by atoms with E-state index in [1.807, 2.05) is 0 Å². The van der Waals surface area contributed by atoms with Gasteiger partial charge in [-0.05, 0) is 43.4 Å². The Hall–Kier alpha value is -1.38. The number of hydrogen-bond donors (Lipinski definition) is 0. The average molecular weight is 247 g/mol. The molecule has 1 aromatic carbocycles. The third kappa shape index (κ3) is 1.92. The molecule has 2 aliphatic rings. The molecule has 18 heavy (non-hydrogen) atoms. The first-order chi connectivity index (χ1) is 8.79. The number of halogens is 1. The van der Waals surface area contributed by atoms with Gasteiger partial charge in [0.2, 0.25) is 0 Å². The second-order valence-corrected chi connectivity index (χ2v) is 5.42. The number of hydrogen-bond acceptors (Lipinski definition) is 2. The lowest BCUT2D eigenvalue weighted by molar-refractivity contribution is 0.112. The molecule has 2 unspecified atom stereocenters. The first-order valence-corrected chi connectivity index (χ1v) is 6.81. The normalized spacial score (nSPS) is 27.1. The minimum Gasteiger partial charge on any atom is -0.366 e. The second-order valence-electron chi connectivity index (χ2n) is 5.42. The summed E-state index contributed by atoms with van der Waals surface area (Å²) < 4.78 is 14.0. The van der Waals surface area contributed by atoms with Crippen molar-refractivity contribution in [3.05, 3.63) is 29.6 Å². The third-order valence-corrected chi connectivity index (χ3v) is 4.43. The minimum absolute atomic E-state index is 0.258. The highest BCUT2D eigenvalue weighted by molar-refractivity contribution is 5.76. The molecular weight excluding hydrogens is 229 g/mol. The summed E-state index contributed by atoms with van der Waals surface area (Å²) in [4.78, 5) is 12.9. The minimum atomic E-state index is -0.258. The van der Waals surface area contributed by atoms with E-state index in [2.05, 4.69) is 4.90 Å². The highest BCUT2D eigenvalue weighted by atomic mass is 19.1. The zero-order valence-electron chi connectivity index (χ0n) is 10.4. The van der Waals surface area contributed by atoms with Gasteiger partial charge in [0.25, 0.3) is 0 Å². The van der Waals surface area contributed by atoms with E-state index in [-0.39, 0.29) is 5.82 Å². The molecule has 0 radical (unpaired) electrons. The molecule has 3 rings (SSSR count). The Morgan fingerprint density at radius 3 is 2.83 bits per heavy atom. The van der Waals surface area contributed by atoms with Crippen molar-refractivity contribution >= 4 is 12.0 Å². The van der Waals surface area contributed by atoms with Gasteiger partial charge < -0.3 is 4.90 Å². The SMILES string of the molecule is O=Cc1ccc(N2CCC3CCCCC32)c(F)c1. The molecule has 1 saturated carbocycles.